The van der Waals surface area contributed by atoms with Gasteiger partial charge in [-0.25, -0.2) is 4.79 Å². The van der Waals surface area contributed by atoms with Crippen molar-refractivity contribution < 1.29 is 9.53 Å². The molecule has 1 aliphatic rings. The SMILES string of the molecule is C=C.CCOC(=O)N1CCCCC1. The second-order valence-electron chi connectivity index (χ2n) is 2.75. The van der Waals surface area contributed by atoms with Gasteiger partial charge in [-0.05, 0) is 26.2 Å². The molecule has 0 unspecified atom stereocenters. The molecule has 0 radical (unpaired) electrons. The van der Waals surface area contributed by atoms with E-state index in [2.05, 4.69) is 13.2 Å². The molecule has 0 saturated carbocycles. The second-order valence-corrected chi connectivity index (χ2v) is 2.75. The summed E-state index contributed by atoms with van der Waals surface area (Å²) in [5.74, 6) is 0. The minimum atomic E-state index is -0.146. The zero-order chi connectivity index (χ0) is 10.1. The molecule has 1 saturated heterocycles. The van der Waals surface area contributed by atoms with Crippen molar-refractivity contribution in [2.75, 3.05) is 19.7 Å². The molecule has 3 nitrogen and oxygen atoms in total. The summed E-state index contributed by atoms with van der Waals surface area (Å²) in [5, 5.41) is 0. The first-order valence-corrected chi connectivity index (χ1v) is 4.76. The number of likely N-dealkylation sites (tertiary alicyclic amines) is 1. The van der Waals surface area contributed by atoms with Crippen LogP contribution in [-0.4, -0.2) is 30.7 Å². The van der Waals surface area contributed by atoms with Crippen molar-refractivity contribution >= 4 is 6.09 Å². The van der Waals surface area contributed by atoms with Gasteiger partial charge >= 0.3 is 6.09 Å². The fourth-order valence-electron chi connectivity index (χ4n) is 1.29. The molecule has 0 N–H and O–H groups in total. The Balaban J connectivity index is 0.000000671. The van der Waals surface area contributed by atoms with E-state index < -0.39 is 0 Å². The van der Waals surface area contributed by atoms with Crippen molar-refractivity contribution in [3.05, 3.63) is 13.2 Å². The van der Waals surface area contributed by atoms with Crippen LogP contribution in [0.15, 0.2) is 13.2 Å². The fraction of sp³-hybridized carbons (Fsp3) is 0.700. The van der Waals surface area contributed by atoms with Gasteiger partial charge in [0.1, 0.15) is 0 Å². The minimum absolute atomic E-state index is 0.146. The number of amides is 1. The molecule has 0 spiro atoms. The maximum Gasteiger partial charge on any atom is 0.409 e. The highest BCUT2D eigenvalue weighted by atomic mass is 16.6. The van der Waals surface area contributed by atoms with Gasteiger partial charge in [-0.3, -0.25) is 0 Å². The Morgan fingerprint density at radius 2 is 1.85 bits per heavy atom. The van der Waals surface area contributed by atoms with Gasteiger partial charge in [0.25, 0.3) is 0 Å². The lowest BCUT2D eigenvalue weighted by atomic mass is 10.1. The van der Waals surface area contributed by atoms with Gasteiger partial charge < -0.3 is 9.64 Å². The summed E-state index contributed by atoms with van der Waals surface area (Å²) in [6.45, 7) is 10.1. The first-order chi connectivity index (χ1) is 6.34. The molecule has 0 bridgehead atoms. The predicted molar refractivity (Wildman–Crippen MR) is 53.7 cm³/mol. The van der Waals surface area contributed by atoms with Crippen LogP contribution < -0.4 is 0 Å². The van der Waals surface area contributed by atoms with Gasteiger partial charge in [-0.2, -0.15) is 0 Å². The van der Waals surface area contributed by atoms with E-state index in [-0.39, 0.29) is 6.09 Å². The molecule has 1 amide bonds. The van der Waals surface area contributed by atoms with E-state index in [0.717, 1.165) is 25.9 Å². The highest BCUT2D eigenvalue weighted by Gasteiger charge is 2.16. The zero-order valence-corrected chi connectivity index (χ0v) is 8.42. The smallest absolute Gasteiger partial charge is 0.409 e. The van der Waals surface area contributed by atoms with Crippen LogP contribution in [0.25, 0.3) is 0 Å². The first kappa shape index (κ1) is 12.0. The summed E-state index contributed by atoms with van der Waals surface area (Å²) < 4.78 is 4.87. The summed E-state index contributed by atoms with van der Waals surface area (Å²) >= 11 is 0. The molecule has 0 atom stereocenters. The third kappa shape index (κ3) is 4.55. The Hall–Kier alpha value is -0.990. The summed E-state index contributed by atoms with van der Waals surface area (Å²) in [6, 6.07) is 0. The van der Waals surface area contributed by atoms with Gasteiger partial charge in [-0.1, -0.05) is 0 Å². The fourth-order valence-corrected chi connectivity index (χ4v) is 1.29. The number of carbonyl (C=O) groups is 1. The summed E-state index contributed by atoms with van der Waals surface area (Å²) in [7, 11) is 0. The third-order valence-electron chi connectivity index (χ3n) is 1.88. The number of carbonyl (C=O) groups excluding carboxylic acids is 1. The maximum absolute atomic E-state index is 11.1. The van der Waals surface area contributed by atoms with Crippen LogP contribution in [0.5, 0.6) is 0 Å². The molecular formula is C10H19NO2. The van der Waals surface area contributed by atoms with Gasteiger partial charge in [0.2, 0.25) is 0 Å². The molecule has 1 heterocycles. The van der Waals surface area contributed by atoms with Crippen LogP contribution in [-0.2, 0) is 4.74 Å². The van der Waals surface area contributed by atoms with Crippen molar-refractivity contribution in [1.82, 2.24) is 4.90 Å². The summed E-state index contributed by atoms with van der Waals surface area (Å²) in [6.07, 6.45) is 3.35. The quantitative estimate of drug-likeness (QED) is 0.587. The molecule has 76 valence electrons. The van der Waals surface area contributed by atoms with E-state index >= 15 is 0 Å². The van der Waals surface area contributed by atoms with E-state index in [4.69, 9.17) is 4.74 Å². The summed E-state index contributed by atoms with van der Waals surface area (Å²) in [5.41, 5.74) is 0. The van der Waals surface area contributed by atoms with Crippen LogP contribution in [0.1, 0.15) is 26.2 Å². The number of hydrogen-bond donors (Lipinski definition) is 0. The maximum atomic E-state index is 11.1. The lowest BCUT2D eigenvalue weighted by molar-refractivity contribution is 0.0997. The number of ether oxygens (including phenoxy) is 1. The minimum Gasteiger partial charge on any atom is -0.450 e. The van der Waals surface area contributed by atoms with Crippen molar-refractivity contribution in [2.45, 2.75) is 26.2 Å². The molecule has 13 heavy (non-hydrogen) atoms. The topological polar surface area (TPSA) is 29.5 Å². The molecular weight excluding hydrogens is 166 g/mol. The van der Waals surface area contributed by atoms with E-state index in [1.807, 2.05) is 6.92 Å². The molecule has 0 aromatic carbocycles. The van der Waals surface area contributed by atoms with Crippen molar-refractivity contribution in [1.29, 1.82) is 0 Å². The Labute approximate surface area is 80.4 Å². The monoisotopic (exact) mass is 185 g/mol. The third-order valence-corrected chi connectivity index (χ3v) is 1.88. The van der Waals surface area contributed by atoms with E-state index in [1.165, 1.54) is 6.42 Å². The standard InChI is InChI=1S/C8H15NO2.C2H4/c1-2-11-8(10)9-6-4-3-5-7-9;1-2/h2-7H2,1H3;1-2H2. The van der Waals surface area contributed by atoms with E-state index in [1.54, 1.807) is 4.90 Å². The number of nitrogens with zero attached hydrogens (tertiary/aromatic N) is 1. The summed E-state index contributed by atoms with van der Waals surface area (Å²) in [4.78, 5) is 12.9. The molecule has 1 aliphatic heterocycles. The second kappa shape index (κ2) is 7.65. The molecule has 0 aliphatic carbocycles. The highest BCUT2D eigenvalue weighted by molar-refractivity contribution is 5.67. The van der Waals surface area contributed by atoms with Crippen molar-refractivity contribution in [2.24, 2.45) is 0 Å². The van der Waals surface area contributed by atoms with Crippen molar-refractivity contribution in [3.8, 4) is 0 Å². The largest absolute Gasteiger partial charge is 0.450 e. The first-order valence-electron chi connectivity index (χ1n) is 4.76. The number of rotatable bonds is 1. The van der Waals surface area contributed by atoms with Crippen LogP contribution in [0, 0.1) is 0 Å². The molecule has 3 heteroatoms. The Morgan fingerprint density at radius 1 is 1.31 bits per heavy atom. The van der Waals surface area contributed by atoms with Crippen LogP contribution in [0.2, 0.25) is 0 Å². The number of hydrogen-bond acceptors (Lipinski definition) is 2. The Bertz CT molecular complexity index is 142. The van der Waals surface area contributed by atoms with Gasteiger partial charge in [0.15, 0.2) is 0 Å². The average Bonchev–Trinajstić information content (AvgIpc) is 2.23. The Morgan fingerprint density at radius 3 is 2.31 bits per heavy atom. The zero-order valence-electron chi connectivity index (χ0n) is 8.42. The predicted octanol–water partition coefficient (Wildman–Crippen LogP) is 2.43. The Kier molecular flexibility index (Phi) is 7.07. The lowest BCUT2D eigenvalue weighted by Crippen LogP contribution is -2.35. The van der Waals surface area contributed by atoms with Crippen LogP contribution >= 0.6 is 0 Å². The number of piperidine rings is 1. The van der Waals surface area contributed by atoms with Gasteiger partial charge in [0.05, 0.1) is 6.61 Å². The molecule has 1 rings (SSSR count). The molecule has 1 fully saturated rings. The lowest BCUT2D eigenvalue weighted by Gasteiger charge is -2.25. The van der Waals surface area contributed by atoms with Crippen LogP contribution in [0.4, 0.5) is 4.79 Å². The normalized spacial score (nSPS) is 15.6. The van der Waals surface area contributed by atoms with Gasteiger partial charge in [0, 0.05) is 13.1 Å². The average molecular weight is 185 g/mol. The highest BCUT2D eigenvalue weighted by Crippen LogP contribution is 2.09. The van der Waals surface area contributed by atoms with Gasteiger partial charge in [-0.15, -0.1) is 13.2 Å². The van der Waals surface area contributed by atoms with Crippen LogP contribution in [0.3, 0.4) is 0 Å². The van der Waals surface area contributed by atoms with Crippen molar-refractivity contribution in [3.63, 3.8) is 0 Å². The molecule has 0 aromatic rings. The molecule has 0 aromatic heterocycles. The van der Waals surface area contributed by atoms with E-state index in [0.29, 0.717) is 6.61 Å². The van der Waals surface area contributed by atoms with E-state index in [9.17, 15) is 4.79 Å².